The largest absolute Gasteiger partial charge is 0.508 e. The molecule has 0 bridgehead atoms. The lowest BCUT2D eigenvalue weighted by Crippen LogP contribution is -2.34. The Balaban J connectivity index is 1.69. The molecule has 1 heterocycles. The molecule has 2 unspecified atom stereocenters. The van der Waals surface area contributed by atoms with Gasteiger partial charge in [0.2, 0.25) is 11.8 Å². The second-order valence-corrected chi connectivity index (χ2v) is 6.71. The highest BCUT2D eigenvalue weighted by Gasteiger charge is 2.36. The van der Waals surface area contributed by atoms with Gasteiger partial charge < -0.3 is 15.3 Å². The minimum absolute atomic E-state index is 0.0175. The van der Waals surface area contributed by atoms with E-state index in [1.165, 1.54) is 0 Å². The molecule has 1 saturated heterocycles. The monoisotopic (exact) mass is 352 g/mol. The van der Waals surface area contributed by atoms with Crippen molar-refractivity contribution in [3.05, 3.63) is 59.7 Å². The third-order valence-electron chi connectivity index (χ3n) is 4.89. The summed E-state index contributed by atoms with van der Waals surface area (Å²) < 4.78 is 0. The maximum atomic E-state index is 12.6. The van der Waals surface area contributed by atoms with E-state index in [9.17, 15) is 14.7 Å². The number of amides is 2. The second kappa shape index (κ2) is 7.60. The van der Waals surface area contributed by atoms with E-state index in [-0.39, 0.29) is 35.9 Å². The fourth-order valence-corrected chi connectivity index (χ4v) is 3.40. The number of rotatable bonds is 5. The quantitative estimate of drug-likeness (QED) is 0.868. The summed E-state index contributed by atoms with van der Waals surface area (Å²) >= 11 is 0. The summed E-state index contributed by atoms with van der Waals surface area (Å²) in [5.74, 6) is -0.351. The number of aryl methyl sites for hydroxylation is 1. The molecule has 1 aliphatic heterocycles. The van der Waals surface area contributed by atoms with Crippen LogP contribution in [0.25, 0.3) is 0 Å². The highest BCUT2D eigenvalue weighted by Crippen LogP contribution is 2.29. The van der Waals surface area contributed by atoms with Crippen molar-refractivity contribution in [2.45, 2.75) is 32.7 Å². The molecular weight excluding hydrogens is 328 g/mol. The molecular formula is C21H24N2O3. The van der Waals surface area contributed by atoms with Crippen LogP contribution in [0.5, 0.6) is 5.75 Å². The molecule has 0 aliphatic carbocycles. The van der Waals surface area contributed by atoms with E-state index in [0.29, 0.717) is 6.54 Å². The Bertz CT molecular complexity index is 818. The predicted molar refractivity (Wildman–Crippen MR) is 101 cm³/mol. The van der Waals surface area contributed by atoms with Crippen LogP contribution in [-0.2, 0) is 16.0 Å². The van der Waals surface area contributed by atoms with Gasteiger partial charge in [0, 0.05) is 18.7 Å². The van der Waals surface area contributed by atoms with Gasteiger partial charge in [0.05, 0.1) is 12.0 Å². The molecule has 3 rings (SSSR count). The SMILES string of the molecule is CCc1ccccc1N1CC(C(=O)NC(C)c2cccc(O)c2)CC1=O. The molecule has 5 nitrogen and oxygen atoms in total. The van der Waals surface area contributed by atoms with E-state index in [1.807, 2.05) is 37.3 Å². The molecule has 1 fully saturated rings. The zero-order valence-electron chi connectivity index (χ0n) is 15.1. The van der Waals surface area contributed by atoms with Crippen molar-refractivity contribution in [3.8, 4) is 5.75 Å². The molecule has 0 spiro atoms. The summed E-state index contributed by atoms with van der Waals surface area (Å²) in [4.78, 5) is 26.8. The number of anilines is 1. The Kier molecular flexibility index (Phi) is 5.26. The van der Waals surface area contributed by atoms with Gasteiger partial charge in [-0.15, -0.1) is 0 Å². The summed E-state index contributed by atoms with van der Waals surface area (Å²) in [6, 6.07) is 14.4. The van der Waals surface area contributed by atoms with Crippen LogP contribution in [0.4, 0.5) is 5.69 Å². The topological polar surface area (TPSA) is 69.6 Å². The number of hydrogen-bond acceptors (Lipinski definition) is 3. The molecule has 1 aliphatic rings. The van der Waals surface area contributed by atoms with Crippen LogP contribution < -0.4 is 10.2 Å². The molecule has 2 aromatic carbocycles. The van der Waals surface area contributed by atoms with Gasteiger partial charge >= 0.3 is 0 Å². The third kappa shape index (κ3) is 3.72. The number of nitrogens with zero attached hydrogens (tertiary/aromatic N) is 1. The molecule has 0 saturated carbocycles. The van der Waals surface area contributed by atoms with E-state index >= 15 is 0 Å². The molecule has 2 aromatic rings. The van der Waals surface area contributed by atoms with E-state index in [4.69, 9.17) is 0 Å². The predicted octanol–water partition coefficient (Wildman–Crippen LogP) is 3.18. The number of phenols is 1. The molecule has 5 heteroatoms. The smallest absolute Gasteiger partial charge is 0.227 e. The number of benzene rings is 2. The van der Waals surface area contributed by atoms with Crippen molar-refractivity contribution in [2.75, 3.05) is 11.4 Å². The molecule has 2 N–H and O–H groups in total. The normalized spacial score (nSPS) is 18.0. The molecule has 0 aromatic heterocycles. The van der Waals surface area contributed by atoms with Crippen molar-refractivity contribution in [1.82, 2.24) is 5.32 Å². The first-order chi connectivity index (χ1) is 12.5. The fraction of sp³-hybridized carbons (Fsp3) is 0.333. The molecule has 2 atom stereocenters. The highest BCUT2D eigenvalue weighted by atomic mass is 16.3. The molecule has 136 valence electrons. The minimum Gasteiger partial charge on any atom is -0.508 e. The van der Waals surface area contributed by atoms with Gasteiger partial charge in [0.15, 0.2) is 0 Å². The lowest BCUT2D eigenvalue weighted by Gasteiger charge is -2.21. The zero-order valence-corrected chi connectivity index (χ0v) is 15.1. The van der Waals surface area contributed by atoms with Crippen LogP contribution in [0.3, 0.4) is 0 Å². The molecule has 2 amide bonds. The Morgan fingerprint density at radius 1 is 1.27 bits per heavy atom. The number of carbonyl (C=O) groups is 2. The average molecular weight is 352 g/mol. The van der Waals surface area contributed by atoms with Crippen molar-refractivity contribution < 1.29 is 14.7 Å². The molecule has 0 radical (unpaired) electrons. The van der Waals surface area contributed by atoms with Crippen molar-refractivity contribution >= 4 is 17.5 Å². The second-order valence-electron chi connectivity index (χ2n) is 6.71. The van der Waals surface area contributed by atoms with Crippen molar-refractivity contribution in [1.29, 1.82) is 0 Å². The first-order valence-electron chi connectivity index (χ1n) is 8.97. The van der Waals surface area contributed by atoms with Crippen LogP contribution in [0.15, 0.2) is 48.5 Å². The minimum atomic E-state index is -0.368. The van der Waals surface area contributed by atoms with Gasteiger partial charge in [-0.25, -0.2) is 0 Å². The maximum Gasteiger partial charge on any atom is 0.227 e. The highest BCUT2D eigenvalue weighted by molar-refractivity contribution is 6.00. The number of carbonyl (C=O) groups excluding carboxylic acids is 2. The van der Waals surface area contributed by atoms with E-state index < -0.39 is 0 Å². The Morgan fingerprint density at radius 2 is 2.04 bits per heavy atom. The summed E-state index contributed by atoms with van der Waals surface area (Å²) in [7, 11) is 0. The molecule has 26 heavy (non-hydrogen) atoms. The fourth-order valence-electron chi connectivity index (χ4n) is 3.40. The van der Waals surface area contributed by atoms with Gasteiger partial charge in [-0.1, -0.05) is 37.3 Å². The van der Waals surface area contributed by atoms with Crippen LogP contribution >= 0.6 is 0 Å². The van der Waals surface area contributed by atoms with Crippen LogP contribution in [0, 0.1) is 5.92 Å². The van der Waals surface area contributed by atoms with Gasteiger partial charge in [-0.05, 0) is 42.7 Å². The number of aromatic hydroxyl groups is 1. The maximum absolute atomic E-state index is 12.6. The summed E-state index contributed by atoms with van der Waals surface area (Å²) in [5.41, 5.74) is 2.84. The first kappa shape index (κ1) is 18.0. The van der Waals surface area contributed by atoms with Gasteiger partial charge in [0.25, 0.3) is 0 Å². The zero-order chi connectivity index (χ0) is 18.7. The van der Waals surface area contributed by atoms with Gasteiger partial charge in [0.1, 0.15) is 5.75 Å². The van der Waals surface area contributed by atoms with Crippen LogP contribution in [0.1, 0.15) is 37.4 Å². The van der Waals surface area contributed by atoms with Gasteiger partial charge in [-0.3, -0.25) is 9.59 Å². The average Bonchev–Trinajstić information content (AvgIpc) is 3.03. The first-order valence-corrected chi connectivity index (χ1v) is 8.97. The lowest BCUT2D eigenvalue weighted by molar-refractivity contribution is -0.126. The standard InChI is InChI=1S/C21H24N2O3/c1-3-15-7-4-5-10-19(15)23-13-17(12-20(23)25)21(26)22-14(2)16-8-6-9-18(24)11-16/h4-11,14,17,24H,3,12-13H2,1-2H3,(H,22,26). The summed E-state index contributed by atoms with van der Waals surface area (Å²) in [6.45, 7) is 4.32. The van der Waals surface area contributed by atoms with Crippen molar-refractivity contribution in [2.24, 2.45) is 5.92 Å². The summed E-state index contributed by atoms with van der Waals surface area (Å²) in [6.07, 6.45) is 1.06. The van der Waals surface area contributed by atoms with Crippen molar-refractivity contribution in [3.63, 3.8) is 0 Å². The summed E-state index contributed by atoms with van der Waals surface area (Å²) in [5, 5.41) is 12.5. The Labute approximate surface area is 153 Å². The van der Waals surface area contributed by atoms with E-state index in [1.54, 1.807) is 23.1 Å². The van der Waals surface area contributed by atoms with E-state index in [0.717, 1.165) is 23.2 Å². The Morgan fingerprint density at radius 3 is 2.77 bits per heavy atom. The van der Waals surface area contributed by atoms with E-state index in [2.05, 4.69) is 12.2 Å². The number of nitrogens with one attached hydrogen (secondary N) is 1. The number of hydrogen-bond donors (Lipinski definition) is 2. The Hall–Kier alpha value is -2.82. The van der Waals surface area contributed by atoms with Gasteiger partial charge in [-0.2, -0.15) is 0 Å². The lowest BCUT2D eigenvalue weighted by atomic mass is 10.0. The van der Waals surface area contributed by atoms with Crippen LogP contribution in [-0.4, -0.2) is 23.5 Å². The van der Waals surface area contributed by atoms with Crippen LogP contribution in [0.2, 0.25) is 0 Å². The number of phenolic OH excluding ortho intramolecular Hbond substituents is 1. The number of para-hydroxylation sites is 1. The third-order valence-corrected chi connectivity index (χ3v) is 4.89.